The standard InChI is InChI=1S/C18H31N3O2S.HI/c1-5-22-15-8-9-17(23-6-2)16(12-15)21-18(19)20-10-7-11-24-13-14(3)4;/h8-9,12,14H,5-7,10-11,13H2,1-4H3,(H3,19,20,21);1H. The third kappa shape index (κ3) is 10.7. The number of guanidine groups is 1. The summed E-state index contributed by atoms with van der Waals surface area (Å²) in [6.07, 6.45) is 1.02. The highest BCUT2D eigenvalue weighted by atomic mass is 127. The highest BCUT2D eigenvalue weighted by Crippen LogP contribution is 2.29. The quantitative estimate of drug-likeness (QED) is 0.209. The summed E-state index contributed by atoms with van der Waals surface area (Å²) in [6, 6.07) is 5.65. The predicted octanol–water partition coefficient (Wildman–Crippen LogP) is 4.61. The topological polar surface area (TPSA) is 68.9 Å². The first-order valence-electron chi connectivity index (χ1n) is 8.61. The molecular weight excluding hydrogens is 449 g/mol. The molecule has 0 aliphatic carbocycles. The first-order valence-corrected chi connectivity index (χ1v) is 9.76. The van der Waals surface area contributed by atoms with Crippen molar-refractivity contribution < 1.29 is 9.47 Å². The van der Waals surface area contributed by atoms with Gasteiger partial charge in [0.15, 0.2) is 5.96 Å². The van der Waals surface area contributed by atoms with Crippen LogP contribution >= 0.6 is 35.7 Å². The summed E-state index contributed by atoms with van der Waals surface area (Å²) in [4.78, 5) is 4.39. The molecule has 0 radical (unpaired) electrons. The molecule has 7 heteroatoms. The molecule has 0 unspecified atom stereocenters. The van der Waals surface area contributed by atoms with Crippen LogP contribution in [0.5, 0.6) is 11.5 Å². The third-order valence-corrected chi connectivity index (χ3v) is 4.48. The number of nitrogens with one attached hydrogen (secondary N) is 1. The Kier molecular flexibility index (Phi) is 13.9. The van der Waals surface area contributed by atoms with Gasteiger partial charge in [-0.05, 0) is 49.8 Å². The fraction of sp³-hybridized carbons (Fsp3) is 0.611. The minimum Gasteiger partial charge on any atom is -0.494 e. The molecule has 0 saturated heterocycles. The summed E-state index contributed by atoms with van der Waals surface area (Å²) < 4.78 is 11.1. The number of hydrogen-bond donors (Lipinski definition) is 2. The van der Waals surface area contributed by atoms with Crippen LogP contribution < -0.4 is 20.5 Å². The Morgan fingerprint density at radius 1 is 1.24 bits per heavy atom. The molecule has 1 aromatic rings. The van der Waals surface area contributed by atoms with Crippen LogP contribution in [0.2, 0.25) is 0 Å². The van der Waals surface area contributed by atoms with Crippen molar-refractivity contribution in [3.63, 3.8) is 0 Å². The maximum Gasteiger partial charge on any atom is 0.193 e. The van der Waals surface area contributed by atoms with Crippen LogP contribution in [0.3, 0.4) is 0 Å². The second-order valence-corrected chi connectivity index (χ2v) is 6.89. The van der Waals surface area contributed by atoms with E-state index < -0.39 is 0 Å². The number of nitrogens with zero attached hydrogens (tertiary/aromatic N) is 1. The molecule has 0 aliphatic rings. The van der Waals surface area contributed by atoms with Crippen molar-refractivity contribution in [3.8, 4) is 11.5 Å². The van der Waals surface area contributed by atoms with E-state index in [4.69, 9.17) is 15.2 Å². The van der Waals surface area contributed by atoms with E-state index in [-0.39, 0.29) is 24.0 Å². The van der Waals surface area contributed by atoms with Gasteiger partial charge >= 0.3 is 0 Å². The van der Waals surface area contributed by atoms with E-state index in [0.717, 1.165) is 41.8 Å². The first kappa shape index (κ1) is 24.2. The van der Waals surface area contributed by atoms with Crippen LogP contribution in [0.4, 0.5) is 5.69 Å². The van der Waals surface area contributed by atoms with E-state index in [1.807, 2.05) is 43.8 Å². The summed E-state index contributed by atoms with van der Waals surface area (Å²) in [5.41, 5.74) is 6.77. The van der Waals surface area contributed by atoms with Crippen LogP contribution in [-0.4, -0.2) is 37.2 Å². The van der Waals surface area contributed by atoms with Gasteiger partial charge in [0.1, 0.15) is 11.5 Å². The summed E-state index contributed by atoms with van der Waals surface area (Å²) in [6.45, 7) is 10.3. The third-order valence-electron chi connectivity index (χ3n) is 3.00. The van der Waals surface area contributed by atoms with Crippen molar-refractivity contribution >= 4 is 47.4 Å². The Balaban J connectivity index is 0.00000576. The normalized spacial score (nSPS) is 11.2. The summed E-state index contributed by atoms with van der Waals surface area (Å²) in [5, 5.41) is 3.12. The molecular formula is C18H32IN3O2S. The van der Waals surface area contributed by atoms with Crippen LogP contribution in [0.15, 0.2) is 23.2 Å². The Bertz CT molecular complexity index is 513. The highest BCUT2D eigenvalue weighted by Gasteiger charge is 2.07. The van der Waals surface area contributed by atoms with E-state index >= 15 is 0 Å². The molecule has 0 atom stereocenters. The lowest BCUT2D eigenvalue weighted by molar-refractivity contribution is 0.332. The zero-order valence-corrected chi connectivity index (χ0v) is 18.9. The largest absolute Gasteiger partial charge is 0.494 e. The average Bonchev–Trinajstić information content (AvgIpc) is 2.53. The number of thioether (sulfide) groups is 1. The molecule has 25 heavy (non-hydrogen) atoms. The van der Waals surface area contributed by atoms with Gasteiger partial charge in [-0.25, -0.2) is 0 Å². The maximum absolute atomic E-state index is 5.99. The monoisotopic (exact) mass is 481 g/mol. The Labute approximate surface area is 173 Å². The number of nitrogens with two attached hydrogens (primary N) is 1. The summed E-state index contributed by atoms with van der Waals surface area (Å²) in [7, 11) is 0. The highest BCUT2D eigenvalue weighted by molar-refractivity contribution is 14.0. The number of benzene rings is 1. The van der Waals surface area contributed by atoms with Crippen LogP contribution in [0.1, 0.15) is 34.1 Å². The number of ether oxygens (including phenoxy) is 2. The van der Waals surface area contributed by atoms with E-state index in [1.165, 1.54) is 5.75 Å². The first-order chi connectivity index (χ1) is 11.6. The average molecular weight is 481 g/mol. The lowest BCUT2D eigenvalue weighted by Crippen LogP contribution is -2.23. The SMILES string of the molecule is CCOc1ccc(OCC)c(NC(N)=NCCCSCC(C)C)c1.I. The van der Waals surface area contributed by atoms with Crippen LogP contribution in [0.25, 0.3) is 0 Å². The molecule has 0 aliphatic heterocycles. The minimum atomic E-state index is 0. The number of anilines is 1. The molecule has 1 rings (SSSR count). The van der Waals surface area contributed by atoms with E-state index in [1.54, 1.807) is 0 Å². The van der Waals surface area contributed by atoms with Crippen molar-refractivity contribution in [2.45, 2.75) is 34.1 Å². The fourth-order valence-corrected chi connectivity index (χ4v) is 2.98. The lowest BCUT2D eigenvalue weighted by atomic mass is 10.2. The number of aliphatic imine (C=N–C) groups is 1. The van der Waals surface area contributed by atoms with Gasteiger partial charge in [0.25, 0.3) is 0 Å². The predicted molar refractivity (Wildman–Crippen MR) is 121 cm³/mol. The van der Waals surface area contributed by atoms with E-state index in [0.29, 0.717) is 19.2 Å². The molecule has 0 heterocycles. The lowest BCUT2D eigenvalue weighted by Gasteiger charge is -2.14. The maximum atomic E-state index is 5.99. The molecule has 0 bridgehead atoms. The van der Waals surface area contributed by atoms with Gasteiger partial charge in [-0.15, -0.1) is 24.0 Å². The van der Waals surface area contributed by atoms with Crippen molar-refractivity contribution in [1.29, 1.82) is 0 Å². The van der Waals surface area contributed by atoms with Crippen molar-refractivity contribution in [2.75, 3.05) is 36.6 Å². The second-order valence-electron chi connectivity index (χ2n) is 5.74. The molecule has 0 aromatic heterocycles. The van der Waals surface area contributed by atoms with Crippen molar-refractivity contribution in [2.24, 2.45) is 16.6 Å². The summed E-state index contributed by atoms with van der Waals surface area (Å²) in [5.74, 6) is 4.96. The van der Waals surface area contributed by atoms with Gasteiger partial charge in [0, 0.05) is 12.6 Å². The van der Waals surface area contributed by atoms with Crippen molar-refractivity contribution in [3.05, 3.63) is 18.2 Å². The zero-order chi connectivity index (χ0) is 17.8. The zero-order valence-electron chi connectivity index (χ0n) is 15.7. The smallest absolute Gasteiger partial charge is 0.193 e. The molecule has 0 spiro atoms. The minimum absolute atomic E-state index is 0. The fourth-order valence-electron chi connectivity index (χ4n) is 2.01. The Morgan fingerprint density at radius 2 is 1.96 bits per heavy atom. The Morgan fingerprint density at radius 3 is 2.60 bits per heavy atom. The second kappa shape index (κ2) is 14.4. The molecule has 3 N–H and O–H groups in total. The molecule has 1 aromatic carbocycles. The van der Waals surface area contributed by atoms with Gasteiger partial charge in [0.2, 0.25) is 0 Å². The summed E-state index contributed by atoms with van der Waals surface area (Å²) >= 11 is 1.97. The number of rotatable bonds is 11. The van der Waals surface area contributed by atoms with Crippen LogP contribution in [0, 0.1) is 5.92 Å². The van der Waals surface area contributed by atoms with Gasteiger partial charge in [-0.3, -0.25) is 4.99 Å². The molecule has 0 amide bonds. The van der Waals surface area contributed by atoms with Gasteiger partial charge < -0.3 is 20.5 Å². The van der Waals surface area contributed by atoms with Gasteiger partial charge in [-0.2, -0.15) is 11.8 Å². The molecule has 0 saturated carbocycles. The van der Waals surface area contributed by atoms with Crippen LogP contribution in [-0.2, 0) is 0 Å². The van der Waals surface area contributed by atoms with Gasteiger partial charge in [0.05, 0.1) is 18.9 Å². The molecule has 144 valence electrons. The number of halogens is 1. The Hall–Kier alpha value is -0.830. The van der Waals surface area contributed by atoms with Gasteiger partial charge in [-0.1, -0.05) is 13.8 Å². The number of hydrogen-bond acceptors (Lipinski definition) is 4. The molecule has 5 nitrogen and oxygen atoms in total. The van der Waals surface area contributed by atoms with E-state index in [2.05, 4.69) is 24.2 Å². The van der Waals surface area contributed by atoms with Crippen molar-refractivity contribution in [1.82, 2.24) is 0 Å². The van der Waals surface area contributed by atoms with E-state index in [9.17, 15) is 0 Å². The molecule has 0 fully saturated rings.